The van der Waals surface area contributed by atoms with Crippen molar-refractivity contribution in [2.24, 2.45) is 0 Å². The van der Waals surface area contributed by atoms with E-state index in [-0.39, 0.29) is 22.5 Å². The summed E-state index contributed by atoms with van der Waals surface area (Å²) in [6, 6.07) is 9.25. The van der Waals surface area contributed by atoms with Crippen LogP contribution in [-0.2, 0) is 24.1 Å². The molecule has 1 fully saturated rings. The van der Waals surface area contributed by atoms with Gasteiger partial charge in [-0.05, 0) is 49.5 Å². The fraction of sp³-hybridized carbons (Fsp3) is 0.409. The second-order valence-corrected chi connectivity index (χ2v) is 9.71. The lowest BCUT2D eigenvalue weighted by molar-refractivity contribution is -0.137. The van der Waals surface area contributed by atoms with Gasteiger partial charge in [0.1, 0.15) is 0 Å². The number of hydrogen-bond donors (Lipinski definition) is 1. The number of halogens is 3. The van der Waals surface area contributed by atoms with Crippen LogP contribution < -0.4 is 5.32 Å². The van der Waals surface area contributed by atoms with Gasteiger partial charge in [0.15, 0.2) is 11.0 Å². The fourth-order valence-electron chi connectivity index (χ4n) is 3.74. The van der Waals surface area contributed by atoms with Gasteiger partial charge in [-0.2, -0.15) is 13.2 Å². The zero-order chi connectivity index (χ0) is 23.3. The van der Waals surface area contributed by atoms with Crippen LogP contribution in [0.25, 0.3) is 5.69 Å². The van der Waals surface area contributed by atoms with Crippen LogP contribution in [0.2, 0.25) is 0 Å². The average molecular weight is 496 g/mol. The quantitative estimate of drug-likeness (QED) is 0.458. The minimum Gasteiger partial charge on any atom is -0.350 e. The monoisotopic (exact) mass is 495 g/mol. The van der Waals surface area contributed by atoms with E-state index in [1.165, 1.54) is 16.7 Å². The molecule has 0 unspecified atom stereocenters. The van der Waals surface area contributed by atoms with E-state index in [1.807, 2.05) is 17.5 Å². The minimum absolute atomic E-state index is 0.0245. The van der Waals surface area contributed by atoms with E-state index in [0.717, 1.165) is 55.1 Å². The van der Waals surface area contributed by atoms with Crippen molar-refractivity contribution in [2.75, 3.05) is 18.8 Å². The summed E-state index contributed by atoms with van der Waals surface area (Å²) in [6.07, 6.45) is -1.26. The zero-order valence-corrected chi connectivity index (χ0v) is 19.5. The standard InChI is InChI=1S/C22H24F3N5OS2/c23-22(24,25)17-8-2-3-9-18(17)30-19(14-29-10-4-1-5-11-29)27-28-21(30)33-15-20(31)26-13-16-7-6-12-32-16/h2-3,6-9,12H,1,4-5,10-11,13-15H2,(H,26,31). The Morgan fingerprint density at radius 1 is 1.09 bits per heavy atom. The molecule has 4 rings (SSSR count). The molecule has 0 atom stereocenters. The highest BCUT2D eigenvalue weighted by atomic mass is 32.2. The Kier molecular flexibility index (Phi) is 7.71. The van der Waals surface area contributed by atoms with Gasteiger partial charge in [0, 0.05) is 4.88 Å². The van der Waals surface area contributed by atoms with Crippen molar-refractivity contribution < 1.29 is 18.0 Å². The molecule has 1 aliphatic heterocycles. The summed E-state index contributed by atoms with van der Waals surface area (Å²) < 4.78 is 42.8. The summed E-state index contributed by atoms with van der Waals surface area (Å²) in [4.78, 5) is 15.5. The van der Waals surface area contributed by atoms with E-state index in [0.29, 0.717) is 18.9 Å². The van der Waals surface area contributed by atoms with Crippen LogP contribution in [0.5, 0.6) is 0 Å². The number of alkyl halides is 3. The zero-order valence-electron chi connectivity index (χ0n) is 17.8. The summed E-state index contributed by atoms with van der Waals surface area (Å²) in [5.41, 5.74) is -0.780. The number of carbonyl (C=O) groups is 1. The molecule has 1 aliphatic rings. The molecule has 1 N–H and O–H groups in total. The third-order valence-corrected chi connectivity index (χ3v) is 7.14. The van der Waals surface area contributed by atoms with Crippen LogP contribution in [0.3, 0.4) is 0 Å². The van der Waals surface area contributed by atoms with Crippen LogP contribution >= 0.6 is 23.1 Å². The second kappa shape index (κ2) is 10.7. The Morgan fingerprint density at radius 3 is 2.61 bits per heavy atom. The van der Waals surface area contributed by atoms with E-state index in [9.17, 15) is 18.0 Å². The van der Waals surface area contributed by atoms with E-state index < -0.39 is 11.7 Å². The molecule has 176 valence electrons. The first-order valence-corrected chi connectivity index (χ1v) is 12.5. The summed E-state index contributed by atoms with van der Waals surface area (Å²) >= 11 is 2.63. The Bertz CT molecular complexity index is 1060. The first-order chi connectivity index (χ1) is 15.9. The topological polar surface area (TPSA) is 63.1 Å². The van der Waals surface area contributed by atoms with Crippen LogP contribution in [0.4, 0.5) is 13.2 Å². The van der Waals surface area contributed by atoms with Gasteiger partial charge in [0.2, 0.25) is 5.91 Å². The highest BCUT2D eigenvalue weighted by molar-refractivity contribution is 7.99. The maximum atomic E-state index is 13.8. The Morgan fingerprint density at radius 2 is 1.88 bits per heavy atom. The molecule has 0 aliphatic carbocycles. The van der Waals surface area contributed by atoms with Gasteiger partial charge < -0.3 is 5.32 Å². The van der Waals surface area contributed by atoms with Crippen molar-refractivity contribution in [1.29, 1.82) is 0 Å². The molecule has 11 heteroatoms. The lowest BCUT2D eigenvalue weighted by Crippen LogP contribution is -2.30. The molecule has 1 amide bonds. The van der Waals surface area contributed by atoms with Crippen molar-refractivity contribution in [2.45, 2.75) is 43.7 Å². The number of thiophene rings is 1. The number of aromatic nitrogens is 3. The molecular weight excluding hydrogens is 471 g/mol. The molecular formula is C22H24F3N5OS2. The number of para-hydroxylation sites is 1. The van der Waals surface area contributed by atoms with Gasteiger partial charge in [-0.15, -0.1) is 21.5 Å². The lowest BCUT2D eigenvalue weighted by Gasteiger charge is -2.26. The SMILES string of the molecule is O=C(CSc1nnc(CN2CCCCC2)n1-c1ccccc1C(F)(F)F)NCc1cccs1. The molecule has 0 spiro atoms. The van der Waals surface area contributed by atoms with Crippen LogP contribution in [0.15, 0.2) is 46.9 Å². The van der Waals surface area contributed by atoms with Gasteiger partial charge in [-0.3, -0.25) is 14.3 Å². The van der Waals surface area contributed by atoms with Crippen LogP contribution in [0.1, 0.15) is 35.5 Å². The first kappa shape index (κ1) is 23.8. The van der Waals surface area contributed by atoms with E-state index in [1.54, 1.807) is 17.4 Å². The van der Waals surface area contributed by atoms with E-state index in [4.69, 9.17) is 0 Å². The highest BCUT2D eigenvalue weighted by Crippen LogP contribution is 2.36. The number of thioether (sulfide) groups is 1. The van der Waals surface area contributed by atoms with Gasteiger partial charge in [0.25, 0.3) is 0 Å². The molecule has 2 aromatic heterocycles. The molecule has 0 saturated carbocycles. The Labute approximate surface area is 198 Å². The number of carbonyl (C=O) groups excluding carboxylic acids is 1. The lowest BCUT2D eigenvalue weighted by atomic mass is 10.1. The van der Waals surface area contributed by atoms with Crippen LogP contribution in [-0.4, -0.2) is 44.4 Å². The number of amides is 1. The number of nitrogens with zero attached hydrogens (tertiary/aromatic N) is 4. The number of benzene rings is 1. The molecule has 0 radical (unpaired) electrons. The van der Waals surface area contributed by atoms with E-state index >= 15 is 0 Å². The maximum absolute atomic E-state index is 13.8. The van der Waals surface area contributed by atoms with Gasteiger partial charge in [-0.25, -0.2) is 0 Å². The first-order valence-electron chi connectivity index (χ1n) is 10.7. The smallest absolute Gasteiger partial charge is 0.350 e. The number of nitrogens with one attached hydrogen (secondary N) is 1. The minimum atomic E-state index is -4.52. The largest absolute Gasteiger partial charge is 0.418 e. The molecule has 33 heavy (non-hydrogen) atoms. The maximum Gasteiger partial charge on any atom is 0.418 e. The van der Waals surface area contributed by atoms with Crippen molar-refractivity contribution in [3.63, 3.8) is 0 Å². The number of piperidine rings is 1. The Hall–Kier alpha value is -2.37. The number of rotatable bonds is 8. The second-order valence-electron chi connectivity index (χ2n) is 7.73. The molecule has 1 saturated heterocycles. The van der Waals surface area contributed by atoms with Crippen molar-refractivity contribution in [3.05, 3.63) is 58.0 Å². The predicted octanol–water partition coefficient (Wildman–Crippen LogP) is 4.74. The predicted molar refractivity (Wildman–Crippen MR) is 122 cm³/mol. The Balaban J connectivity index is 1.57. The van der Waals surface area contributed by atoms with Crippen LogP contribution in [0, 0.1) is 0 Å². The molecule has 3 heterocycles. The van der Waals surface area contributed by atoms with E-state index in [2.05, 4.69) is 20.4 Å². The normalized spacial score (nSPS) is 15.0. The number of likely N-dealkylation sites (tertiary alicyclic amines) is 1. The van der Waals surface area contributed by atoms with Crippen molar-refractivity contribution in [3.8, 4) is 5.69 Å². The molecule has 0 bridgehead atoms. The highest BCUT2D eigenvalue weighted by Gasteiger charge is 2.35. The van der Waals surface area contributed by atoms with Gasteiger partial charge >= 0.3 is 6.18 Å². The third kappa shape index (κ3) is 6.15. The van der Waals surface area contributed by atoms with Crippen molar-refractivity contribution >= 4 is 29.0 Å². The molecule has 1 aromatic carbocycles. The third-order valence-electron chi connectivity index (χ3n) is 5.34. The fourth-order valence-corrected chi connectivity index (χ4v) is 5.18. The average Bonchev–Trinajstić information content (AvgIpc) is 3.46. The molecule has 3 aromatic rings. The molecule has 6 nitrogen and oxygen atoms in total. The summed E-state index contributed by atoms with van der Waals surface area (Å²) in [5.74, 6) is 0.251. The number of hydrogen-bond acceptors (Lipinski definition) is 6. The summed E-state index contributed by atoms with van der Waals surface area (Å²) in [6.45, 7) is 2.58. The van der Waals surface area contributed by atoms with Gasteiger partial charge in [-0.1, -0.05) is 36.4 Å². The summed E-state index contributed by atoms with van der Waals surface area (Å²) in [5, 5.41) is 13.4. The summed E-state index contributed by atoms with van der Waals surface area (Å²) in [7, 11) is 0. The van der Waals surface area contributed by atoms with Crippen molar-refractivity contribution in [1.82, 2.24) is 25.0 Å². The van der Waals surface area contributed by atoms with Gasteiger partial charge in [0.05, 0.1) is 30.1 Å².